The predicted molar refractivity (Wildman–Crippen MR) is 48.8 cm³/mol. The van der Waals surface area contributed by atoms with Crippen LogP contribution in [-0.4, -0.2) is 25.2 Å². The van der Waals surface area contributed by atoms with E-state index in [2.05, 4.69) is 0 Å². The number of rotatable bonds is 5. The van der Waals surface area contributed by atoms with Gasteiger partial charge in [0.2, 0.25) is 0 Å². The normalized spacial score (nSPS) is 12.0. The molecular weight excluding hydrogens is 176 g/mol. The first-order chi connectivity index (χ1) is 5.36. The standard InChI is InChI=1S/C8H16O3S/c1-7(2)12(10,11)6-4-5-8(3)9/h7H,4-6H2,1-3H3. The molecule has 0 aliphatic carbocycles. The summed E-state index contributed by atoms with van der Waals surface area (Å²) in [4.78, 5) is 10.5. The monoisotopic (exact) mass is 192 g/mol. The second-order valence-electron chi connectivity index (χ2n) is 3.22. The van der Waals surface area contributed by atoms with Crippen LogP contribution in [0.25, 0.3) is 0 Å². The van der Waals surface area contributed by atoms with Gasteiger partial charge in [0.15, 0.2) is 9.84 Å². The Bertz CT molecular complexity index is 239. The SMILES string of the molecule is CC(=O)CCCS(=O)(=O)C(C)C. The summed E-state index contributed by atoms with van der Waals surface area (Å²) in [6.45, 7) is 4.79. The summed E-state index contributed by atoms with van der Waals surface area (Å²) < 4.78 is 22.4. The Labute approximate surface area is 74.1 Å². The molecule has 0 N–H and O–H groups in total. The molecule has 0 aliphatic heterocycles. The minimum Gasteiger partial charge on any atom is -0.300 e. The van der Waals surface area contributed by atoms with Crippen molar-refractivity contribution in [1.29, 1.82) is 0 Å². The van der Waals surface area contributed by atoms with Crippen molar-refractivity contribution in [2.75, 3.05) is 5.75 Å². The van der Waals surface area contributed by atoms with E-state index < -0.39 is 9.84 Å². The maximum atomic E-state index is 11.2. The van der Waals surface area contributed by atoms with Crippen molar-refractivity contribution in [2.45, 2.75) is 38.9 Å². The molecule has 0 amide bonds. The van der Waals surface area contributed by atoms with Gasteiger partial charge in [0.25, 0.3) is 0 Å². The average molecular weight is 192 g/mol. The zero-order valence-corrected chi connectivity index (χ0v) is 8.65. The molecule has 0 atom stereocenters. The van der Waals surface area contributed by atoms with Gasteiger partial charge < -0.3 is 4.79 Å². The minimum atomic E-state index is -2.95. The Morgan fingerprint density at radius 1 is 1.33 bits per heavy atom. The van der Waals surface area contributed by atoms with Gasteiger partial charge in [-0.25, -0.2) is 8.42 Å². The van der Waals surface area contributed by atoms with E-state index in [1.165, 1.54) is 6.92 Å². The van der Waals surface area contributed by atoms with Crippen LogP contribution in [0.15, 0.2) is 0 Å². The zero-order chi connectivity index (χ0) is 9.78. The molecule has 12 heavy (non-hydrogen) atoms. The van der Waals surface area contributed by atoms with E-state index in [1.807, 2.05) is 0 Å². The summed E-state index contributed by atoms with van der Waals surface area (Å²) in [5.41, 5.74) is 0. The number of Topliss-reactive ketones (excluding diaryl/α,β-unsaturated/α-hetero) is 1. The van der Waals surface area contributed by atoms with Crippen LogP contribution in [0.4, 0.5) is 0 Å². The molecule has 0 saturated heterocycles. The number of hydrogen-bond donors (Lipinski definition) is 0. The molecule has 0 unspecified atom stereocenters. The zero-order valence-electron chi connectivity index (χ0n) is 7.83. The molecule has 4 heteroatoms. The maximum Gasteiger partial charge on any atom is 0.152 e. The first-order valence-corrected chi connectivity index (χ1v) is 5.79. The van der Waals surface area contributed by atoms with Crippen LogP contribution < -0.4 is 0 Å². The molecule has 0 fully saturated rings. The molecule has 72 valence electrons. The fourth-order valence-corrected chi connectivity index (χ4v) is 1.78. The summed E-state index contributed by atoms with van der Waals surface area (Å²) in [5, 5.41) is -0.329. The molecule has 0 aromatic rings. The first-order valence-electron chi connectivity index (χ1n) is 4.07. The quantitative estimate of drug-likeness (QED) is 0.657. The van der Waals surface area contributed by atoms with E-state index in [1.54, 1.807) is 13.8 Å². The summed E-state index contributed by atoms with van der Waals surface area (Å²) in [6, 6.07) is 0. The fourth-order valence-electron chi connectivity index (χ4n) is 0.758. The molecule has 0 aromatic heterocycles. The highest BCUT2D eigenvalue weighted by Crippen LogP contribution is 2.04. The summed E-state index contributed by atoms with van der Waals surface area (Å²) in [6.07, 6.45) is 0.821. The number of carbonyl (C=O) groups excluding carboxylic acids is 1. The highest BCUT2D eigenvalue weighted by molar-refractivity contribution is 7.91. The molecule has 0 rings (SSSR count). The van der Waals surface area contributed by atoms with Crippen LogP contribution >= 0.6 is 0 Å². The third-order valence-electron chi connectivity index (χ3n) is 1.68. The molecule has 0 spiro atoms. The van der Waals surface area contributed by atoms with E-state index in [-0.39, 0.29) is 16.8 Å². The predicted octanol–water partition coefficient (Wildman–Crippen LogP) is 1.18. The lowest BCUT2D eigenvalue weighted by atomic mass is 10.3. The van der Waals surface area contributed by atoms with E-state index in [0.29, 0.717) is 12.8 Å². The molecular formula is C8H16O3S. The first kappa shape index (κ1) is 11.6. The van der Waals surface area contributed by atoms with Crippen LogP contribution in [0.5, 0.6) is 0 Å². The van der Waals surface area contributed by atoms with Gasteiger partial charge in [-0.1, -0.05) is 0 Å². The third kappa shape index (κ3) is 4.49. The Hall–Kier alpha value is -0.380. The van der Waals surface area contributed by atoms with E-state index in [0.717, 1.165) is 0 Å². The highest BCUT2D eigenvalue weighted by atomic mass is 32.2. The van der Waals surface area contributed by atoms with Crippen molar-refractivity contribution in [3.8, 4) is 0 Å². The van der Waals surface area contributed by atoms with Gasteiger partial charge in [0.05, 0.1) is 11.0 Å². The largest absolute Gasteiger partial charge is 0.300 e. The Balaban J connectivity index is 3.86. The van der Waals surface area contributed by atoms with Crippen LogP contribution in [0.2, 0.25) is 0 Å². The summed E-state index contributed by atoms with van der Waals surface area (Å²) >= 11 is 0. The second-order valence-corrected chi connectivity index (χ2v) is 5.90. The van der Waals surface area contributed by atoms with Gasteiger partial charge in [-0.15, -0.1) is 0 Å². The molecule has 0 heterocycles. The van der Waals surface area contributed by atoms with Gasteiger partial charge >= 0.3 is 0 Å². The van der Waals surface area contributed by atoms with Crippen LogP contribution in [0, 0.1) is 0 Å². The molecule has 0 aromatic carbocycles. The van der Waals surface area contributed by atoms with Crippen LogP contribution in [0.1, 0.15) is 33.6 Å². The van der Waals surface area contributed by atoms with Gasteiger partial charge in [-0.2, -0.15) is 0 Å². The van der Waals surface area contributed by atoms with E-state index >= 15 is 0 Å². The lowest BCUT2D eigenvalue weighted by Crippen LogP contribution is -2.18. The second kappa shape index (κ2) is 4.60. The lowest BCUT2D eigenvalue weighted by Gasteiger charge is -2.05. The van der Waals surface area contributed by atoms with Crippen molar-refractivity contribution in [3.63, 3.8) is 0 Å². The van der Waals surface area contributed by atoms with E-state index in [4.69, 9.17) is 0 Å². The number of ketones is 1. The number of sulfone groups is 1. The minimum absolute atomic E-state index is 0.0500. The van der Waals surface area contributed by atoms with E-state index in [9.17, 15) is 13.2 Å². The topological polar surface area (TPSA) is 51.2 Å². The van der Waals surface area contributed by atoms with Crippen LogP contribution in [0.3, 0.4) is 0 Å². The van der Waals surface area contributed by atoms with Gasteiger partial charge in [0, 0.05) is 6.42 Å². The van der Waals surface area contributed by atoms with Crippen molar-refractivity contribution < 1.29 is 13.2 Å². The molecule has 0 aliphatic rings. The Morgan fingerprint density at radius 3 is 2.17 bits per heavy atom. The molecule has 0 radical (unpaired) electrons. The average Bonchev–Trinajstić information content (AvgIpc) is 1.85. The third-order valence-corrected chi connectivity index (χ3v) is 3.97. The molecule has 3 nitrogen and oxygen atoms in total. The van der Waals surface area contributed by atoms with Crippen molar-refractivity contribution >= 4 is 15.6 Å². The fraction of sp³-hybridized carbons (Fsp3) is 0.875. The van der Waals surface area contributed by atoms with Gasteiger partial charge in [-0.05, 0) is 27.2 Å². The Morgan fingerprint density at radius 2 is 1.83 bits per heavy atom. The van der Waals surface area contributed by atoms with Crippen molar-refractivity contribution in [1.82, 2.24) is 0 Å². The van der Waals surface area contributed by atoms with Crippen molar-refractivity contribution in [2.24, 2.45) is 0 Å². The number of carbonyl (C=O) groups is 1. The smallest absolute Gasteiger partial charge is 0.152 e. The molecule has 0 saturated carbocycles. The van der Waals surface area contributed by atoms with Crippen molar-refractivity contribution in [3.05, 3.63) is 0 Å². The summed E-state index contributed by atoms with van der Waals surface area (Å²) in [5.74, 6) is 0.179. The van der Waals surface area contributed by atoms with Crippen LogP contribution in [-0.2, 0) is 14.6 Å². The summed E-state index contributed by atoms with van der Waals surface area (Å²) in [7, 11) is -2.95. The van der Waals surface area contributed by atoms with Gasteiger partial charge in [-0.3, -0.25) is 0 Å². The Kier molecular flexibility index (Phi) is 4.45. The van der Waals surface area contributed by atoms with Gasteiger partial charge in [0.1, 0.15) is 5.78 Å². The number of hydrogen-bond acceptors (Lipinski definition) is 3. The molecule has 0 bridgehead atoms. The highest BCUT2D eigenvalue weighted by Gasteiger charge is 2.15. The lowest BCUT2D eigenvalue weighted by molar-refractivity contribution is -0.117. The maximum absolute atomic E-state index is 11.2.